The number of rotatable bonds is 7. The van der Waals surface area contributed by atoms with E-state index in [4.69, 9.17) is 10.00 Å². The fraction of sp³-hybridized carbons (Fsp3) is 0.600. The smallest absolute Gasteiger partial charge is 0.107 e. The molecule has 1 aromatic heterocycles. The molecule has 4 nitrogen and oxygen atoms in total. The van der Waals surface area contributed by atoms with E-state index in [0.29, 0.717) is 13.0 Å². The summed E-state index contributed by atoms with van der Waals surface area (Å²) < 4.78 is 5.03. The van der Waals surface area contributed by atoms with Gasteiger partial charge in [0.15, 0.2) is 0 Å². The van der Waals surface area contributed by atoms with E-state index in [1.54, 1.807) is 24.6 Å². The van der Waals surface area contributed by atoms with Crippen LogP contribution in [0.25, 0.3) is 0 Å². The Hall–Kier alpha value is -0.960. The van der Waals surface area contributed by atoms with E-state index >= 15 is 0 Å². The lowest BCUT2D eigenvalue weighted by Crippen LogP contribution is -2.27. The first-order valence-electron chi connectivity index (χ1n) is 4.83. The molecular formula is C10H15N3OS. The van der Waals surface area contributed by atoms with Gasteiger partial charge in [0.25, 0.3) is 0 Å². The van der Waals surface area contributed by atoms with E-state index in [0.717, 1.165) is 24.6 Å². The number of nitrogens with zero attached hydrogens (tertiary/aromatic N) is 3. The molecule has 0 N–H and O–H groups in total. The zero-order valence-electron chi connectivity index (χ0n) is 8.85. The van der Waals surface area contributed by atoms with Crippen LogP contribution in [0, 0.1) is 11.3 Å². The molecule has 82 valence electrons. The number of ether oxygens (including phenoxy) is 1. The van der Waals surface area contributed by atoms with E-state index < -0.39 is 0 Å². The summed E-state index contributed by atoms with van der Waals surface area (Å²) in [6, 6.07) is 2.15. The topological polar surface area (TPSA) is 49.1 Å². The molecule has 1 heterocycles. The molecule has 0 spiro atoms. The van der Waals surface area contributed by atoms with Crippen molar-refractivity contribution in [3.63, 3.8) is 0 Å². The van der Waals surface area contributed by atoms with Crippen molar-refractivity contribution in [2.75, 3.05) is 26.8 Å². The van der Waals surface area contributed by atoms with Gasteiger partial charge in [0.1, 0.15) is 5.01 Å². The molecule has 0 aromatic carbocycles. The van der Waals surface area contributed by atoms with Gasteiger partial charge in [-0.05, 0) is 0 Å². The minimum atomic E-state index is 0.551. The molecule has 1 aromatic rings. The van der Waals surface area contributed by atoms with Crippen molar-refractivity contribution >= 4 is 11.3 Å². The van der Waals surface area contributed by atoms with E-state index in [1.165, 1.54) is 0 Å². The third kappa shape index (κ3) is 4.88. The second-order valence-corrected chi connectivity index (χ2v) is 4.08. The van der Waals surface area contributed by atoms with Gasteiger partial charge in [0.2, 0.25) is 0 Å². The van der Waals surface area contributed by atoms with Gasteiger partial charge in [-0.3, -0.25) is 4.90 Å². The van der Waals surface area contributed by atoms with Gasteiger partial charge in [0, 0.05) is 38.2 Å². The third-order valence-corrected chi connectivity index (χ3v) is 2.76. The van der Waals surface area contributed by atoms with Crippen molar-refractivity contribution in [2.24, 2.45) is 0 Å². The largest absolute Gasteiger partial charge is 0.383 e. The molecule has 0 radical (unpaired) electrons. The molecular weight excluding hydrogens is 210 g/mol. The van der Waals surface area contributed by atoms with Crippen LogP contribution in [0.5, 0.6) is 0 Å². The monoisotopic (exact) mass is 225 g/mol. The second-order valence-electron chi connectivity index (χ2n) is 3.10. The van der Waals surface area contributed by atoms with E-state index in [-0.39, 0.29) is 0 Å². The second kappa shape index (κ2) is 7.35. The van der Waals surface area contributed by atoms with E-state index in [1.807, 2.05) is 5.38 Å². The average Bonchev–Trinajstić information content (AvgIpc) is 2.74. The Kier molecular flexibility index (Phi) is 5.93. The summed E-state index contributed by atoms with van der Waals surface area (Å²) in [7, 11) is 1.69. The fourth-order valence-corrected chi connectivity index (χ4v) is 1.88. The Morgan fingerprint density at radius 1 is 1.60 bits per heavy atom. The van der Waals surface area contributed by atoms with Crippen molar-refractivity contribution in [3.05, 3.63) is 16.6 Å². The molecule has 0 aliphatic heterocycles. The minimum Gasteiger partial charge on any atom is -0.383 e. The molecule has 0 saturated carbocycles. The highest BCUT2D eigenvalue weighted by Gasteiger charge is 2.06. The van der Waals surface area contributed by atoms with Gasteiger partial charge in [0.05, 0.1) is 19.2 Å². The standard InChI is InChI=1S/C10H15N3OS/c1-14-7-6-13(5-2-3-11)9-10-12-4-8-15-10/h4,8H,2,5-7,9H2,1H3. The normalized spacial score (nSPS) is 10.5. The van der Waals surface area contributed by atoms with Crippen LogP contribution in [0.3, 0.4) is 0 Å². The summed E-state index contributed by atoms with van der Waals surface area (Å²) in [5.74, 6) is 0. The van der Waals surface area contributed by atoms with Crippen LogP contribution in [-0.4, -0.2) is 36.7 Å². The Labute approximate surface area is 94.1 Å². The molecule has 1 rings (SSSR count). The number of nitriles is 1. The molecule has 0 fully saturated rings. The molecule has 0 aliphatic rings. The minimum absolute atomic E-state index is 0.551. The molecule has 0 amide bonds. The van der Waals surface area contributed by atoms with Gasteiger partial charge >= 0.3 is 0 Å². The quantitative estimate of drug-likeness (QED) is 0.705. The molecule has 0 atom stereocenters. The first-order valence-corrected chi connectivity index (χ1v) is 5.71. The van der Waals surface area contributed by atoms with Gasteiger partial charge < -0.3 is 4.74 Å². The van der Waals surface area contributed by atoms with Crippen LogP contribution in [-0.2, 0) is 11.3 Å². The summed E-state index contributed by atoms with van der Waals surface area (Å²) in [4.78, 5) is 6.41. The number of methoxy groups -OCH3 is 1. The van der Waals surface area contributed by atoms with Gasteiger partial charge in [-0.2, -0.15) is 5.26 Å². The van der Waals surface area contributed by atoms with Crippen LogP contribution >= 0.6 is 11.3 Å². The summed E-state index contributed by atoms with van der Waals surface area (Å²) in [5.41, 5.74) is 0. The van der Waals surface area contributed by atoms with Gasteiger partial charge in [-0.25, -0.2) is 4.98 Å². The van der Waals surface area contributed by atoms with Crippen LogP contribution in [0.4, 0.5) is 0 Å². The highest BCUT2D eigenvalue weighted by Crippen LogP contribution is 2.08. The van der Waals surface area contributed by atoms with Crippen LogP contribution in [0.1, 0.15) is 11.4 Å². The number of thiazole rings is 1. The predicted molar refractivity (Wildman–Crippen MR) is 59.5 cm³/mol. The Morgan fingerprint density at radius 3 is 3.07 bits per heavy atom. The molecule has 0 unspecified atom stereocenters. The van der Waals surface area contributed by atoms with Crippen molar-refractivity contribution in [1.29, 1.82) is 5.26 Å². The average molecular weight is 225 g/mol. The summed E-state index contributed by atoms with van der Waals surface area (Å²) in [6.45, 7) is 3.12. The number of hydrogen-bond acceptors (Lipinski definition) is 5. The molecule has 15 heavy (non-hydrogen) atoms. The summed E-state index contributed by atoms with van der Waals surface area (Å²) >= 11 is 1.64. The fourth-order valence-electron chi connectivity index (χ4n) is 1.22. The third-order valence-electron chi connectivity index (χ3n) is 1.99. The predicted octanol–water partition coefficient (Wildman–Crippen LogP) is 1.51. The van der Waals surface area contributed by atoms with Crippen molar-refractivity contribution in [1.82, 2.24) is 9.88 Å². The molecule has 5 heteroatoms. The highest BCUT2D eigenvalue weighted by atomic mass is 32.1. The van der Waals surface area contributed by atoms with Crippen molar-refractivity contribution in [3.8, 4) is 6.07 Å². The lowest BCUT2D eigenvalue weighted by molar-refractivity contribution is 0.145. The maximum atomic E-state index is 8.55. The first kappa shape index (κ1) is 12.1. The zero-order chi connectivity index (χ0) is 10.9. The van der Waals surface area contributed by atoms with Crippen LogP contribution in [0.2, 0.25) is 0 Å². The van der Waals surface area contributed by atoms with Crippen LogP contribution in [0.15, 0.2) is 11.6 Å². The lowest BCUT2D eigenvalue weighted by Gasteiger charge is -2.18. The lowest BCUT2D eigenvalue weighted by atomic mass is 10.4. The van der Waals surface area contributed by atoms with E-state index in [9.17, 15) is 0 Å². The van der Waals surface area contributed by atoms with Crippen LogP contribution < -0.4 is 0 Å². The summed E-state index contributed by atoms with van der Waals surface area (Å²) in [6.07, 6.45) is 2.36. The molecule has 0 saturated heterocycles. The van der Waals surface area contributed by atoms with E-state index in [2.05, 4.69) is 16.0 Å². The van der Waals surface area contributed by atoms with Crippen molar-refractivity contribution in [2.45, 2.75) is 13.0 Å². The van der Waals surface area contributed by atoms with Gasteiger partial charge in [-0.15, -0.1) is 11.3 Å². The Balaban J connectivity index is 2.38. The number of aromatic nitrogens is 1. The number of hydrogen-bond donors (Lipinski definition) is 0. The zero-order valence-corrected chi connectivity index (χ0v) is 9.66. The molecule has 0 aliphatic carbocycles. The Bertz CT molecular complexity index is 294. The molecule has 0 bridgehead atoms. The Morgan fingerprint density at radius 2 is 2.47 bits per heavy atom. The SMILES string of the molecule is COCCN(CCC#N)Cc1nccs1. The van der Waals surface area contributed by atoms with Crippen molar-refractivity contribution < 1.29 is 4.74 Å². The summed E-state index contributed by atoms with van der Waals surface area (Å²) in [5, 5.41) is 11.6. The van der Waals surface area contributed by atoms with Gasteiger partial charge in [-0.1, -0.05) is 0 Å². The maximum Gasteiger partial charge on any atom is 0.107 e. The highest BCUT2D eigenvalue weighted by molar-refractivity contribution is 7.09. The first-order chi connectivity index (χ1) is 7.36. The maximum absolute atomic E-state index is 8.55.